The molecule has 0 saturated heterocycles. The monoisotopic (exact) mass is 391 g/mol. The lowest BCUT2D eigenvalue weighted by molar-refractivity contribution is -0.384. The van der Waals surface area contributed by atoms with Gasteiger partial charge in [0.25, 0.3) is 11.6 Å². The molecule has 0 atom stereocenters. The molecule has 1 amide bonds. The van der Waals surface area contributed by atoms with Gasteiger partial charge in [-0.15, -0.1) is 0 Å². The van der Waals surface area contributed by atoms with E-state index in [0.717, 1.165) is 4.47 Å². The Balaban J connectivity index is 2.24. The zero-order valence-corrected chi connectivity index (χ0v) is 14.3. The van der Waals surface area contributed by atoms with Gasteiger partial charge in [-0.25, -0.2) is 5.43 Å². The number of hydrogen-bond donors (Lipinski definition) is 2. The van der Waals surface area contributed by atoms with Gasteiger partial charge in [-0.2, -0.15) is 5.10 Å². The molecular weight excluding hydrogens is 378 g/mol. The maximum absolute atomic E-state index is 12.1. The summed E-state index contributed by atoms with van der Waals surface area (Å²) < 4.78 is 0.765. The number of carbonyl (C=O) groups is 1. The van der Waals surface area contributed by atoms with Crippen molar-refractivity contribution in [3.63, 3.8) is 0 Å². The third-order valence-electron chi connectivity index (χ3n) is 3.22. The maximum Gasteiger partial charge on any atom is 0.271 e. The number of benzene rings is 2. The van der Waals surface area contributed by atoms with Crippen molar-refractivity contribution in [3.8, 4) is 5.75 Å². The Morgan fingerprint density at radius 2 is 2.08 bits per heavy atom. The average Bonchev–Trinajstić information content (AvgIpc) is 2.58. The first kappa shape index (κ1) is 17.6. The highest BCUT2D eigenvalue weighted by atomic mass is 79.9. The number of rotatable bonds is 5. The Hall–Kier alpha value is -2.74. The van der Waals surface area contributed by atoms with E-state index < -0.39 is 10.8 Å². The Bertz CT molecular complexity index is 821. The van der Waals surface area contributed by atoms with Gasteiger partial charge in [-0.3, -0.25) is 14.9 Å². The maximum atomic E-state index is 12.1. The second kappa shape index (κ2) is 7.69. The molecule has 0 bridgehead atoms. The summed E-state index contributed by atoms with van der Waals surface area (Å²) in [4.78, 5) is 22.3. The van der Waals surface area contributed by atoms with Crippen molar-refractivity contribution in [1.82, 2.24) is 5.43 Å². The molecule has 8 heteroatoms. The molecule has 2 aromatic rings. The summed E-state index contributed by atoms with van der Waals surface area (Å²) >= 11 is 3.31. The lowest BCUT2D eigenvalue weighted by Crippen LogP contribution is -2.20. The minimum atomic E-state index is -0.572. The van der Waals surface area contributed by atoms with Crippen LogP contribution in [-0.4, -0.2) is 21.6 Å². The molecule has 0 aliphatic heterocycles. The van der Waals surface area contributed by atoms with Crippen LogP contribution in [0.5, 0.6) is 5.75 Å². The molecule has 0 radical (unpaired) electrons. The molecule has 0 fully saturated rings. The fourth-order valence-corrected chi connectivity index (χ4v) is 2.37. The van der Waals surface area contributed by atoms with Crippen molar-refractivity contribution >= 4 is 33.2 Å². The van der Waals surface area contributed by atoms with E-state index in [1.165, 1.54) is 30.3 Å². The largest absolute Gasteiger partial charge is 0.507 e. The van der Waals surface area contributed by atoms with Crippen molar-refractivity contribution in [1.29, 1.82) is 0 Å². The predicted molar refractivity (Wildman–Crippen MR) is 93.2 cm³/mol. The van der Waals surface area contributed by atoms with Crippen LogP contribution in [0.4, 0.5) is 5.69 Å². The summed E-state index contributed by atoms with van der Waals surface area (Å²) in [6.45, 7) is 1.83. The minimum absolute atomic E-state index is 0.0448. The van der Waals surface area contributed by atoms with Crippen LogP contribution in [0, 0.1) is 10.1 Å². The smallest absolute Gasteiger partial charge is 0.271 e. The number of nitrogens with one attached hydrogen (secondary N) is 1. The Labute approximate surface area is 146 Å². The number of hydrogen-bond acceptors (Lipinski definition) is 5. The zero-order valence-electron chi connectivity index (χ0n) is 12.7. The first-order valence-electron chi connectivity index (χ1n) is 7.02. The molecule has 7 nitrogen and oxygen atoms in total. The topological polar surface area (TPSA) is 105 Å². The molecule has 2 rings (SSSR count). The minimum Gasteiger partial charge on any atom is -0.507 e. The van der Waals surface area contributed by atoms with E-state index in [-0.39, 0.29) is 17.0 Å². The van der Waals surface area contributed by atoms with Crippen molar-refractivity contribution < 1.29 is 14.8 Å². The van der Waals surface area contributed by atoms with Crippen LogP contribution in [0.3, 0.4) is 0 Å². The summed E-state index contributed by atoms with van der Waals surface area (Å²) in [6.07, 6.45) is 0.471. The molecular formula is C16H14BrN3O4. The van der Waals surface area contributed by atoms with Crippen molar-refractivity contribution in [3.05, 3.63) is 68.2 Å². The molecule has 0 aliphatic rings. The van der Waals surface area contributed by atoms with E-state index in [2.05, 4.69) is 26.5 Å². The number of phenols is 1. The first-order valence-corrected chi connectivity index (χ1v) is 7.82. The molecule has 0 aliphatic carbocycles. The lowest BCUT2D eigenvalue weighted by Gasteiger charge is -2.08. The van der Waals surface area contributed by atoms with Crippen molar-refractivity contribution in [2.24, 2.45) is 5.10 Å². The van der Waals surface area contributed by atoms with Gasteiger partial charge in [0, 0.05) is 27.7 Å². The fourth-order valence-electron chi connectivity index (χ4n) is 2.01. The quantitative estimate of drug-likeness (QED) is 0.461. The van der Waals surface area contributed by atoms with Crippen LogP contribution < -0.4 is 5.43 Å². The number of hydrazone groups is 1. The number of nitro benzene ring substituents is 1. The summed E-state index contributed by atoms with van der Waals surface area (Å²) in [5.41, 5.74) is 3.29. The van der Waals surface area contributed by atoms with Gasteiger partial charge in [-0.05, 0) is 30.7 Å². The molecule has 0 heterocycles. The molecule has 0 aromatic heterocycles. The average molecular weight is 392 g/mol. The van der Waals surface area contributed by atoms with Crippen LogP contribution in [0.2, 0.25) is 0 Å². The molecule has 124 valence electrons. The van der Waals surface area contributed by atoms with E-state index in [4.69, 9.17) is 0 Å². The van der Waals surface area contributed by atoms with Gasteiger partial charge in [0.1, 0.15) is 5.75 Å². The number of halogens is 1. The number of phenolic OH excluding ortho intramolecular Hbond substituents is 1. The predicted octanol–water partition coefficient (Wildman–Crippen LogP) is 3.61. The Morgan fingerprint density at radius 1 is 1.33 bits per heavy atom. The second-order valence-corrected chi connectivity index (χ2v) is 5.74. The van der Waals surface area contributed by atoms with E-state index in [1.807, 2.05) is 6.92 Å². The normalized spacial score (nSPS) is 11.2. The highest BCUT2D eigenvalue weighted by Gasteiger charge is 2.12. The summed E-state index contributed by atoms with van der Waals surface area (Å²) in [5, 5.41) is 24.7. The third-order valence-corrected chi connectivity index (χ3v) is 3.71. The van der Waals surface area contributed by atoms with Gasteiger partial charge < -0.3 is 5.11 Å². The fraction of sp³-hybridized carbons (Fsp3) is 0.125. The van der Waals surface area contributed by atoms with Gasteiger partial charge in [0.05, 0.1) is 10.6 Å². The van der Waals surface area contributed by atoms with E-state index >= 15 is 0 Å². The van der Waals surface area contributed by atoms with Gasteiger partial charge in [-0.1, -0.05) is 28.9 Å². The molecule has 2 N–H and O–H groups in total. The molecule has 2 aromatic carbocycles. The molecule has 24 heavy (non-hydrogen) atoms. The van der Waals surface area contributed by atoms with Crippen LogP contribution in [-0.2, 0) is 0 Å². The highest BCUT2D eigenvalue weighted by Crippen LogP contribution is 2.23. The van der Waals surface area contributed by atoms with Crippen LogP contribution >= 0.6 is 15.9 Å². The first-order chi connectivity index (χ1) is 11.4. The number of nitro groups is 1. The van der Waals surface area contributed by atoms with Crippen molar-refractivity contribution in [2.75, 3.05) is 0 Å². The lowest BCUT2D eigenvalue weighted by atomic mass is 10.1. The van der Waals surface area contributed by atoms with Crippen LogP contribution in [0.1, 0.15) is 29.3 Å². The highest BCUT2D eigenvalue weighted by molar-refractivity contribution is 9.10. The van der Waals surface area contributed by atoms with Gasteiger partial charge in [0.15, 0.2) is 0 Å². The summed E-state index contributed by atoms with van der Waals surface area (Å²) in [5.74, 6) is -0.525. The Morgan fingerprint density at radius 3 is 2.75 bits per heavy atom. The third kappa shape index (κ3) is 4.17. The molecule has 0 spiro atoms. The summed E-state index contributed by atoms with van der Waals surface area (Å²) in [6, 6.07) is 10.3. The number of carbonyl (C=O) groups excluding carboxylic acids is 1. The van der Waals surface area contributed by atoms with E-state index in [0.29, 0.717) is 17.7 Å². The summed E-state index contributed by atoms with van der Waals surface area (Å²) in [7, 11) is 0. The molecule has 0 unspecified atom stereocenters. The standard InChI is InChI=1S/C16H14BrN3O4/c1-2-14(13-9-11(17)6-7-15(13)21)18-19-16(22)10-4-3-5-12(8-10)20(23)24/h3-9,21H,2H2,1H3,(H,19,22)/b18-14+. The number of amides is 1. The zero-order chi connectivity index (χ0) is 17.7. The SMILES string of the molecule is CC/C(=N\NC(=O)c1cccc([N+](=O)[O-])c1)c1cc(Br)ccc1O. The van der Waals surface area contributed by atoms with Crippen molar-refractivity contribution in [2.45, 2.75) is 13.3 Å². The molecule has 0 saturated carbocycles. The van der Waals surface area contributed by atoms with Crippen LogP contribution in [0.15, 0.2) is 52.0 Å². The Kier molecular flexibility index (Phi) is 5.64. The number of nitrogens with zero attached hydrogens (tertiary/aromatic N) is 2. The van der Waals surface area contributed by atoms with Gasteiger partial charge in [0.2, 0.25) is 0 Å². The van der Waals surface area contributed by atoms with Gasteiger partial charge >= 0.3 is 0 Å². The van der Waals surface area contributed by atoms with E-state index in [9.17, 15) is 20.0 Å². The number of aromatic hydroxyl groups is 1. The van der Waals surface area contributed by atoms with Crippen LogP contribution in [0.25, 0.3) is 0 Å². The van der Waals surface area contributed by atoms with E-state index in [1.54, 1.807) is 12.1 Å². The second-order valence-electron chi connectivity index (χ2n) is 4.82. The number of non-ortho nitro benzene ring substituents is 1.